The molecule has 0 aromatic heterocycles. The first-order chi connectivity index (χ1) is 6.65. The van der Waals surface area contributed by atoms with E-state index >= 15 is 0 Å². The molecule has 0 aromatic carbocycles. The van der Waals surface area contributed by atoms with Gasteiger partial charge in [0.2, 0.25) is 0 Å². The highest BCUT2D eigenvalue weighted by Gasteiger charge is 2.26. The fraction of sp³-hybridized carbons (Fsp3) is 0.909. The van der Waals surface area contributed by atoms with Gasteiger partial charge >= 0.3 is 0 Å². The van der Waals surface area contributed by atoms with E-state index in [2.05, 4.69) is 30.7 Å². The Bertz CT molecular complexity index is 195. The Morgan fingerprint density at radius 3 is 2.57 bits per heavy atom. The first-order valence-corrected chi connectivity index (χ1v) is 5.71. The van der Waals surface area contributed by atoms with Gasteiger partial charge in [0.25, 0.3) is 0 Å². The van der Waals surface area contributed by atoms with E-state index in [1.165, 1.54) is 12.8 Å². The number of nitrogens with zero attached hydrogens (tertiary/aromatic N) is 2. The Morgan fingerprint density at radius 1 is 1.50 bits per heavy atom. The Kier molecular flexibility index (Phi) is 4.23. The molecule has 2 N–H and O–H groups in total. The molecule has 0 spiro atoms. The summed E-state index contributed by atoms with van der Waals surface area (Å²) in [5.74, 6) is 1.60. The van der Waals surface area contributed by atoms with Gasteiger partial charge < -0.3 is 10.6 Å². The van der Waals surface area contributed by atoms with E-state index in [-0.39, 0.29) is 0 Å². The zero-order chi connectivity index (χ0) is 10.6. The molecule has 1 saturated carbocycles. The van der Waals surface area contributed by atoms with Gasteiger partial charge in [-0.3, -0.25) is 4.99 Å². The fourth-order valence-corrected chi connectivity index (χ4v) is 1.46. The second-order valence-corrected chi connectivity index (χ2v) is 4.43. The molecule has 1 fully saturated rings. The van der Waals surface area contributed by atoms with Gasteiger partial charge in [-0.1, -0.05) is 6.92 Å². The molecule has 3 nitrogen and oxygen atoms in total. The molecular weight excluding hydrogens is 174 g/mol. The van der Waals surface area contributed by atoms with Crippen molar-refractivity contribution in [2.75, 3.05) is 13.1 Å². The minimum Gasteiger partial charge on any atom is -0.370 e. The van der Waals surface area contributed by atoms with E-state index in [9.17, 15) is 0 Å². The van der Waals surface area contributed by atoms with Crippen LogP contribution in [-0.4, -0.2) is 30.0 Å². The zero-order valence-corrected chi connectivity index (χ0v) is 9.66. The lowest BCUT2D eigenvalue weighted by Gasteiger charge is -2.27. The van der Waals surface area contributed by atoms with Gasteiger partial charge in [-0.15, -0.1) is 0 Å². The molecule has 14 heavy (non-hydrogen) atoms. The van der Waals surface area contributed by atoms with Crippen LogP contribution in [0, 0.1) is 5.92 Å². The van der Waals surface area contributed by atoms with Crippen molar-refractivity contribution in [3.05, 3.63) is 0 Å². The van der Waals surface area contributed by atoms with Gasteiger partial charge in [-0.25, -0.2) is 0 Å². The predicted molar refractivity (Wildman–Crippen MR) is 61.3 cm³/mol. The van der Waals surface area contributed by atoms with E-state index in [0.29, 0.717) is 6.04 Å². The summed E-state index contributed by atoms with van der Waals surface area (Å²) in [6.45, 7) is 8.42. The quantitative estimate of drug-likeness (QED) is 0.539. The minimum absolute atomic E-state index is 0.469. The van der Waals surface area contributed by atoms with Crippen molar-refractivity contribution in [2.24, 2.45) is 16.6 Å². The maximum Gasteiger partial charge on any atom is 0.191 e. The smallest absolute Gasteiger partial charge is 0.191 e. The predicted octanol–water partition coefficient (Wildman–Crippen LogP) is 1.83. The van der Waals surface area contributed by atoms with Crippen LogP contribution in [0.3, 0.4) is 0 Å². The monoisotopic (exact) mass is 197 g/mol. The standard InChI is InChI=1S/C11H23N3/c1-4-7-13-11(12)14(9(2)3)8-10-5-6-10/h9-10H,4-8H2,1-3H3,(H2,12,13). The molecule has 0 atom stereocenters. The summed E-state index contributed by atoms with van der Waals surface area (Å²) in [6.07, 6.45) is 3.80. The number of hydrogen-bond donors (Lipinski definition) is 1. The summed E-state index contributed by atoms with van der Waals surface area (Å²) in [7, 11) is 0. The number of nitrogens with two attached hydrogens (primary N) is 1. The molecule has 1 rings (SSSR count). The molecule has 0 aromatic rings. The van der Waals surface area contributed by atoms with E-state index in [1.54, 1.807) is 0 Å². The molecule has 82 valence electrons. The van der Waals surface area contributed by atoms with Crippen molar-refractivity contribution in [3.63, 3.8) is 0 Å². The molecular formula is C11H23N3. The van der Waals surface area contributed by atoms with E-state index < -0.39 is 0 Å². The van der Waals surface area contributed by atoms with Crippen LogP contribution in [0.2, 0.25) is 0 Å². The maximum absolute atomic E-state index is 5.96. The Labute approximate surface area is 87.4 Å². The summed E-state index contributed by atoms with van der Waals surface area (Å²) in [4.78, 5) is 6.59. The fourth-order valence-electron chi connectivity index (χ4n) is 1.46. The van der Waals surface area contributed by atoms with Crippen LogP contribution in [-0.2, 0) is 0 Å². The molecule has 0 amide bonds. The highest BCUT2D eigenvalue weighted by molar-refractivity contribution is 5.78. The lowest BCUT2D eigenvalue weighted by Crippen LogP contribution is -2.43. The van der Waals surface area contributed by atoms with E-state index in [1.807, 2.05) is 0 Å². The maximum atomic E-state index is 5.96. The molecule has 0 saturated heterocycles. The van der Waals surface area contributed by atoms with Crippen LogP contribution < -0.4 is 5.73 Å². The average molecular weight is 197 g/mol. The molecule has 1 aliphatic rings. The van der Waals surface area contributed by atoms with Gasteiger partial charge in [0, 0.05) is 19.1 Å². The van der Waals surface area contributed by atoms with Crippen LogP contribution in [0.1, 0.15) is 40.0 Å². The summed E-state index contributed by atoms with van der Waals surface area (Å²) in [5.41, 5.74) is 5.96. The molecule has 0 bridgehead atoms. The van der Waals surface area contributed by atoms with E-state index in [4.69, 9.17) is 5.73 Å². The van der Waals surface area contributed by atoms with Crippen molar-refractivity contribution in [2.45, 2.75) is 46.1 Å². The number of guanidine groups is 1. The van der Waals surface area contributed by atoms with E-state index in [0.717, 1.165) is 31.4 Å². The summed E-state index contributed by atoms with van der Waals surface area (Å²) < 4.78 is 0. The lowest BCUT2D eigenvalue weighted by molar-refractivity contribution is 0.331. The Balaban J connectivity index is 2.46. The van der Waals surface area contributed by atoms with Crippen LogP contribution in [0.4, 0.5) is 0 Å². The van der Waals surface area contributed by atoms with Crippen LogP contribution in [0.25, 0.3) is 0 Å². The molecule has 0 aliphatic heterocycles. The summed E-state index contributed by atoms with van der Waals surface area (Å²) >= 11 is 0. The van der Waals surface area contributed by atoms with Crippen LogP contribution in [0.15, 0.2) is 4.99 Å². The second kappa shape index (κ2) is 5.23. The first kappa shape index (κ1) is 11.3. The van der Waals surface area contributed by atoms with Gasteiger partial charge in [-0.05, 0) is 39.0 Å². The zero-order valence-electron chi connectivity index (χ0n) is 9.66. The van der Waals surface area contributed by atoms with Crippen molar-refractivity contribution in [1.29, 1.82) is 0 Å². The van der Waals surface area contributed by atoms with Crippen LogP contribution >= 0.6 is 0 Å². The number of aliphatic imine (C=N–C) groups is 1. The highest BCUT2D eigenvalue weighted by atomic mass is 15.3. The third-order valence-electron chi connectivity index (χ3n) is 2.57. The molecule has 0 unspecified atom stereocenters. The lowest BCUT2D eigenvalue weighted by atomic mass is 10.3. The van der Waals surface area contributed by atoms with Gasteiger partial charge in [-0.2, -0.15) is 0 Å². The van der Waals surface area contributed by atoms with Crippen molar-refractivity contribution < 1.29 is 0 Å². The summed E-state index contributed by atoms with van der Waals surface area (Å²) in [5, 5.41) is 0. The van der Waals surface area contributed by atoms with Crippen molar-refractivity contribution in [1.82, 2.24) is 4.90 Å². The Morgan fingerprint density at radius 2 is 2.14 bits per heavy atom. The molecule has 0 heterocycles. The van der Waals surface area contributed by atoms with Crippen molar-refractivity contribution >= 4 is 5.96 Å². The van der Waals surface area contributed by atoms with Crippen LogP contribution in [0.5, 0.6) is 0 Å². The largest absolute Gasteiger partial charge is 0.370 e. The number of rotatable bonds is 5. The molecule has 3 heteroatoms. The highest BCUT2D eigenvalue weighted by Crippen LogP contribution is 2.30. The molecule has 0 radical (unpaired) electrons. The normalized spacial score (nSPS) is 17.6. The third kappa shape index (κ3) is 3.56. The van der Waals surface area contributed by atoms with Gasteiger partial charge in [0.05, 0.1) is 0 Å². The SMILES string of the molecule is CCCN=C(N)N(CC1CC1)C(C)C. The van der Waals surface area contributed by atoms with Gasteiger partial charge in [0.15, 0.2) is 5.96 Å². The topological polar surface area (TPSA) is 41.6 Å². The molecule has 1 aliphatic carbocycles. The minimum atomic E-state index is 0.469. The number of hydrogen-bond acceptors (Lipinski definition) is 1. The summed E-state index contributed by atoms with van der Waals surface area (Å²) in [6, 6.07) is 0.469. The van der Waals surface area contributed by atoms with Gasteiger partial charge in [0.1, 0.15) is 0 Å². The average Bonchev–Trinajstić information content (AvgIpc) is 2.93. The van der Waals surface area contributed by atoms with Crippen molar-refractivity contribution in [3.8, 4) is 0 Å². The first-order valence-electron chi connectivity index (χ1n) is 5.71. The Hall–Kier alpha value is -0.730. The third-order valence-corrected chi connectivity index (χ3v) is 2.57. The second-order valence-electron chi connectivity index (χ2n) is 4.43.